The molecule has 0 saturated carbocycles. The average molecular weight is 320 g/mol. The van der Waals surface area contributed by atoms with Crippen LogP contribution in [-0.2, 0) is 4.74 Å². The Hall–Kier alpha value is -1.85. The molecule has 0 aliphatic carbocycles. The van der Waals surface area contributed by atoms with Crippen molar-refractivity contribution in [1.82, 2.24) is 15.1 Å². The van der Waals surface area contributed by atoms with Gasteiger partial charge in [0.15, 0.2) is 0 Å². The van der Waals surface area contributed by atoms with Crippen LogP contribution in [0.1, 0.15) is 22.5 Å². The molecule has 0 bridgehead atoms. The molecular weight excluding hydrogens is 302 g/mol. The van der Waals surface area contributed by atoms with Crippen molar-refractivity contribution in [3.05, 3.63) is 46.7 Å². The summed E-state index contributed by atoms with van der Waals surface area (Å²) in [4.78, 5) is 12.3. The van der Waals surface area contributed by atoms with Crippen LogP contribution in [0.3, 0.4) is 0 Å². The van der Waals surface area contributed by atoms with Crippen LogP contribution in [0.5, 0.6) is 0 Å². The Morgan fingerprint density at radius 3 is 2.91 bits per heavy atom. The zero-order valence-corrected chi connectivity index (χ0v) is 13.1. The van der Waals surface area contributed by atoms with E-state index in [1.165, 1.54) is 0 Å². The first-order valence-electron chi connectivity index (χ1n) is 7.31. The summed E-state index contributed by atoms with van der Waals surface area (Å²) in [5.41, 5.74) is 2.28. The fourth-order valence-electron chi connectivity index (χ4n) is 2.55. The van der Waals surface area contributed by atoms with Crippen LogP contribution >= 0.6 is 11.6 Å². The van der Waals surface area contributed by atoms with Gasteiger partial charge in [0, 0.05) is 24.1 Å². The number of hydrogen-bond acceptors (Lipinski definition) is 3. The lowest BCUT2D eigenvalue weighted by atomic mass is 10.1. The van der Waals surface area contributed by atoms with Crippen molar-refractivity contribution in [3.63, 3.8) is 0 Å². The van der Waals surface area contributed by atoms with Crippen LogP contribution in [0.15, 0.2) is 30.5 Å². The van der Waals surface area contributed by atoms with Crippen LogP contribution in [0.4, 0.5) is 0 Å². The van der Waals surface area contributed by atoms with E-state index in [-0.39, 0.29) is 5.91 Å². The number of halogens is 1. The molecule has 0 radical (unpaired) electrons. The highest BCUT2D eigenvalue weighted by atomic mass is 35.5. The standard InChI is InChI=1S/C16H18ClN3O2/c1-11-15(16(21)18-8-12-6-7-22-10-12)9-19-20(11)14-4-2-13(17)3-5-14/h2-5,9,12H,6-8,10H2,1H3,(H,18,21). The van der Waals surface area contributed by atoms with Gasteiger partial charge in [-0.25, -0.2) is 4.68 Å². The van der Waals surface area contributed by atoms with Gasteiger partial charge in [-0.3, -0.25) is 4.79 Å². The molecule has 3 rings (SSSR count). The van der Waals surface area contributed by atoms with E-state index in [4.69, 9.17) is 16.3 Å². The molecule has 2 heterocycles. The maximum Gasteiger partial charge on any atom is 0.254 e. The van der Waals surface area contributed by atoms with E-state index < -0.39 is 0 Å². The summed E-state index contributed by atoms with van der Waals surface area (Å²) in [6, 6.07) is 7.36. The summed E-state index contributed by atoms with van der Waals surface area (Å²) in [7, 11) is 0. The van der Waals surface area contributed by atoms with E-state index in [1.807, 2.05) is 19.1 Å². The molecule has 116 valence electrons. The molecule has 2 aromatic rings. The number of nitrogens with zero attached hydrogens (tertiary/aromatic N) is 2. The van der Waals surface area contributed by atoms with E-state index in [1.54, 1.807) is 23.0 Å². The van der Waals surface area contributed by atoms with Gasteiger partial charge >= 0.3 is 0 Å². The molecule has 5 nitrogen and oxygen atoms in total. The highest BCUT2D eigenvalue weighted by Gasteiger charge is 2.19. The minimum atomic E-state index is -0.0930. The predicted octanol–water partition coefficient (Wildman–Crippen LogP) is 2.60. The maximum absolute atomic E-state index is 12.3. The Labute approximate surface area is 134 Å². The van der Waals surface area contributed by atoms with Gasteiger partial charge in [-0.2, -0.15) is 5.10 Å². The summed E-state index contributed by atoms with van der Waals surface area (Å²) >= 11 is 5.89. The Morgan fingerprint density at radius 2 is 2.23 bits per heavy atom. The minimum Gasteiger partial charge on any atom is -0.381 e. The normalized spacial score (nSPS) is 17.6. The van der Waals surface area contributed by atoms with Crippen molar-refractivity contribution in [2.45, 2.75) is 13.3 Å². The first-order valence-corrected chi connectivity index (χ1v) is 7.69. The van der Waals surface area contributed by atoms with Crippen LogP contribution in [0, 0.1) is 12.8 Å². The number of aromatic nitrogens is 2. The topological polar surface area (TPSA) is 56.1 Å². The van der Waals surface area contributed by atoms with Gasteiger partial charge in [-0.15, -0.1) is 0 Å². The van der Waals surface area contributed by atoms with E-state index in [2.05, 4.69) is 10.4 Å². The van der Waals surface area contributed by atoms with Crippen molar-refractivity contribution in [3.8, 4) is 5.69 Å². The molecule has 1 amide bonds. The summed E-state index contributed by atoms with van der Waals surface area (Å²) in [5.74, 6) is 0.320. The summed E-state index contributed by atoms with van der Waals surface area (Å²) < 4.78 is 7.05. The number of benzene rings is 1. The van der Waals surface area contributed by atoms with Crippen LogP contribution < -0.4 is 5.32 Å². The van der Waals surface area contributed by atoms with Gasteiger partial charge in [-0.05, 0) is 37.6 Å². The highest BCUT2D eigenvalue weighted by molar-refractivity contribution is 6.30. The van der Waals surface area contributed by atoms with E-state index >= 15 is 0 Å². The highest BCUT2D eigenvalue weighted by Crippen LogP contribution is 2.17. The van der Waals surface area contributed by atoms with Crippen molar-refractivity contribution >= 4 is 17.5 Å². The van der Waals surface area contributed by atoms with E-state index in [9.17, 15) is 4.79 Å². The fourth-order valence-corrected chi connectivity index (χ4v) is 2.68. The predicted molar refractivity (Wildman–Crippen MR) is 84.6 cm³/mol. The molecule has 1 aliphatic heterocycles. The van der Waals surface area contributed by atoms with E-state index in [0.717, 1.165) is 31.0 Å². The number of rotatable bonds is 4. The van der Waals surface area contributed by atoms with Gasteiger partial charge in [-0.1, -0.05) is 11.6 Å². The summed E-state index contributed by atoms with van der Waals surface area (Å²) in [6.07, 6.45) is 2.60. The third-order valence-electron chi connectivity index (χ3n) is 3.90. The van der Waals surface area contributed by atoms with Crippen molar-refractivity contribution < 1.29 is 9.53 Å². The molecule has 1 N–H and O–H groups in total. The van der Waals surface area contributed by atoms with E-state index in [0.29, 0.717) is 23.0 Å². The first-order chi connectivity index (χ1) is 10.6. The van der Waals surface area contributed by atoms with Crippen molar-refractivity contribution in [2.24, 2.45) is 5.92 Å². The lowest BCUT2D eigenvalue weighted by Crippen LogP contribution is -2.29. The van der Waals surface area contributed by atoms with Gasteiger partial charge in [0.2, 0.25) is 0 Å². The Bertz CT molecular complexity index is 661. The Balaban J connectivity index is 1.72. The monoisotopic (exact) mass is 319 g/mol. The Kier molecular flexibility index (Phi) is 4.45. The van der Waals surface area contributed by atoms with Crippen LogP contribution in [-0.4, -0.2) is 35.4 Å². The van der Waals surface area contributed by atoms with Gasteiger partial charge < -0.3 is 10.1 Å². The van der Waals surface area contributed by atoms with Crippen molar-refractivity contribution in [2.75, 3.05) is 19.8 Å². The number of nitrogens with one attached hydrogen (secondary N) is 1. The first kappa shape index (κ1) is 15.1. The molecule has 1 fully saturated rings. The minimum absolute atomic E-state index is 0.0930. The lowest BCUT2D eigenvalue weighted by Gasteiger charge is -2.09. The van der Waals surface area contributed by atoms with Gasteiger partial charge in [0.1, 0.15) is 0 Å². The second kappa shape index (κ2) is 6.50. The molecule has 1 aromatic heterocycles. The zero-order valence-electron chi connectivity index (χ0n) is 12.4. The molecular formula is C16H18ClN3O2. The number of amides is 1. The number of hydrogen-bond donors (Lipinski definition) is 1. The molecule has 1 atom stereocenters. The molecule has 1 saturated heterocycles. The quantitative estimate of drug-likeness (QED) is 0.942. The van der Waals surface area contributed by atoms with Crippen LogP contribution in [0.2, 0.25) is 5.02 Å². The number of carbonyl (C=O) groups is 1. The summed E-state index contributed by atoms with van der Waals surface area (Å²) in [5, 5.41) is 7.94. The lowest BCUT2D eigenvalue weighted by molar-refractivity contribution is 0.0944. The summed E-state index contributed by atoms with van der Waals surface area (Å²) in [6.45, 7) is 4.04. The number of ether oxygens (including phenoxy) is 1. The van der Waals surface area contributed by atoms with Gasteiger partial charge in [0.25, 0.3) is 5.91 Å². The SMILES string of the molecule is Cc1c(C(=O)NCC2CCOC2)cnn1-c1ccc(Cl)cc1. The molecule has 1 unspecified atom stereocenters. The largest absolute Gasteiger partial charge is 0.381 e. The third-order valence-corrected chi connectivity index (χ3v) is 4.15. The number of carbonyl (C=O) groups excluding carboxylic acids is 1. The second-order valence-electron chi connectivity index (χ2n) is 5.47. The molecule has 6 heteroatoms. The molecule has 1 aromatic carbocycles. The third kappa shape index (κ3) is 3.15. The fraction of sp³-hybridized carbons (Fsp3) is 0.375. The van der Waals surface area contributed by atoms with Gasteiger partial charge in [0.05, 0.1) is 29.7 Å². The second-order valence-corrected chi connectivity index (χ2v) is 5.91. The smallest absolute Gasteiger partial charge is 0.254 e. The molecule has 22 heavy (non-hydrogen) atoms. The van der Waals surface area contributed by atoms with Crippen LogP contribution in [0.25, 0.3) is 5.69 Å². The van der Waals surface area contributed by atoms with Crippen molar-refractivity contribution in [1.29, 1.82) is 0 Å². The molecule has 1 aliphatic rings. The zero-order chi connectivity index (χ0) is 15.5. The molecule has 0 spiro atoms. The Morgan fingerprint density at radius 1 is 1.45 bits per heavy atom. The average Bonchev–Trinajstić information content (AvgIpc) is 3.15. The maximum atomic E-state index is 12.3.